The Morgan fingerprint density at radius 3 is 2.29 bits per heavy atom. The van der Waals surface area contributed by atoms with Gasteiger partial charge in [0.15, 0.2) is 0 Å². The highest BCUT2D eigenvalue weighted by Crippen LogP contribution is 2.27. The summed E-state index contributed by atoms with van der Waals surface area (Å²) in [4.78, 5) is 2.68. The number of nitrogens with one attached hydrogen (secondary N) is 1. The van der Waals surface area contributed by atoms with E-state index in [9.17, 15) is 0 Å². The monoisotopic (exact) mass is 288 g/mol. The molecule has 2 rings (SSSR count). The minimum Gasteiger partial charge on any atom is -0.317 e. The Morgan fingerprint density at radius 2 is 1.71 bits per heavy atom. The zero-order chi connectivity index (χ0) is 15.2. The van der Waals surface area contributed by atoms with Crippen molar-refractivity contribution in [2.24, 2.45) is 11.8 Å². The van der Waals surface area contributed by atoms with Gasteiger partial charge in [-0.3, -0.25) is 0 Å². The van der Waals surface area contributed by atoms with E-state index >= 15 is 0 Å². The molecule has 0 aromatic carbocycles. The molecule has 2 nitrogen and oxygen atoms in total. The van der Waals surface area contributed by atoms with Gasteiger partial charge in [-0.2, -0.15) is 0 Å². The van der Waals surface area contributed by atoms with Crippen LogP contribution in [0.5, 0.6) is 0 Å². The van der Waals surface area contributed by atoms with Crippen molar-refractivity contribution in [3.05, 3.63) is 36.0 Å². The summed E-state index contributed by atoms with van der Waals surface area (Å²) in [6.45, 7) is 18.7. The van der Waals surface area contributed by atoms with E-state index in [1.165, 1.54) is 69.6 Å². The standard InChI is InChI=1S/C19H32N2/c1-15(2)16(3)13-17(4)19-7-11-21(12-8-19)14-18-5-9-20-10-6-18/h13,18-20H,1,4-12,14H2,2-3H3/b16-13+. The van der Waals surface area contributed by atoms with Crippen molar-refractivity contribution in [2.75, 3.05) is 32.7 Å². The maximum atomic E-state index is 4.30. The molecular weight excluding hydrogens is 256 g/mol. The summed E-state index contributed by atoms with van der Waals surface area (Å²) < 4.78 is 0. The fraction of sp³-hybridized carbons (Fsp3) is 0.684. The lowest BCUT2D eigenvalue weighted by molar-refractivity contribution is 0.159. The Balaban J connectivity index is 1.76. The van der Waals surface area contributed by atoms with Crippen LogP contribution in [0.1, 0.15) is 39.5 Å². The fourth-order valence-corrected chi connectivity index (χ4v) is 3.43. The van der Waals surface area contributed by atoms with Gasteiger partial charge < -0.3 is 10.2 Å². The third-order valence-corrected chi connectivity index (χ3v) is 5.16. The first-order valence-corrected chi connectivity index (χ1v) is 8.52. The van der Waals surface area contributed by atoms with Gasteiger partial charge in [0.05, 0.1) is 0 Å². The molecule has 2 heterocycles. The Labute approximate surface area is 131 Å². The molecule has 0 amide bonds. The summed E-state index contributed by atoms with van der Waals surface area (Å²) >= 11 is 0. The van der Waals surface area contributed by atoms with Crippen LogP contribution in [-0.4, -0.2) is 37.6 Å². The molecule has 1 N–H and O–H groups in total. The lowest BCUT2D eigenvalue weighted by Crippen LogP contribution is -2.40. The van der Waals surface area contributed by atoms with Gasteiger partial charge in [-0.1, -0.05) is 30.4 Å². The maximum Gasteiger partial charge on any atom is 0.00106 e. The van der Waals surface area contributed by atoms with Crippen LogP contribution < -0.4 is 5.32 Å². The average molecular weight is 288 g/mol. The van der Waals surface area contributed by atoms with Gasteiger partial charge in [-0.25, -0.2) is 0 Å². The van der Waals surface area contributed by atoms with Gasteiger partial charge >= 0.3 is 0 Å². The van der Waals surface area contributed by atoms with Gasteiger partial charge in [-0.15, -0.1) is 0 Å². The van der Waals surface area contributed by atoms with Crippen molar-refractivity contribution in [1.29, 1.82) is 0 Å². The van der Waals surface area contributed by atoms with Gasteiger partial charge in [0.1, 0.15) is 0 Å². The van der Waals surface area contributed by atoms with E-state index in [2.05, 4.69) is 43.3 Å². The largest absolute Gasteiger partial charge is 0.317 e. The number of likely N-dealkylation sites (tertiary alicyclic amines) is 1. The Hall–Kier alpha value is -0.860. The smallest absolute Gasteiger partial charge is 0.00106 e. The molecule has 0 atom stereocenters. The summed E-state index contributed by atoms with van der Waals surface area (Å²) in [5, 5.41) is 3.46. The fourth-order valence-electron chi connectivity index (χ4n) is 3.43. The van der Waals surface area contributed by atoms with Crippen molar-refractivity contribution in [2.45, 2.75) is 39.5 Å². The normalized spacial score (nSPS) is 23.2. The van der Waals surface area contributed by atoms with Crippen molar-refractivity contribution in [3.8, 4) is 0 Å². The first-order valence-electron chi connectivity index (χ1n) is 8.52. The van der Waals surface area contributed by atoms with Crippen LogP contribution in [0.2, 0.25) is 0 Å². The van der Waals surface area contributed by atoms with Crippen LogP contribution in [-0.2, 0) is 0 Å². The summed E-state index contributed by atoms with van der Waals surface area (Å²) in [6.07, 6.45) is 7.49. The SMILES string of the molecule is C=C(C)/C(C)=C/C(=C)C1CCN(CC2CCNCC2)CC1. The number of nitrogens with zero attached hydrogens (tertiary/aromatic N) is 1. The van der Waals surface area contributed by atoms with Gasteiger partial charge in [0, 0.05) is 6.54 Å². The molecule has 2 fully saturated rings. The first kappa shape index (κ1) is 16.5. The van der Waals surface area contributed by atoms with Crippen molar-refractivity contribution in [3.63, 3.8) is 0 Å². The minimum absolute atomic E-state index is 0.670. The van der Waals surface area contributed by atoms with Crippen LogP contribution in [0, 0.1) is 11.8 Å². The molecule has 0 unspecified atom stereocenters. The van der Waals surface area contributed by atoms with Crippen LogP contribution in [0.15, 0.2) is 36.0 Å². The van der Waals surface area contributed by atoms with Crippen molar-refractivity contribution >= 4 is 0 Å². The van der Waals surface area contributed by atoms with Crippen molar-refractivity contribution < 1.29 is 0 Å². The molecule has 0 aromatic heterocycles. The summed E-state index contributed by atoms with van der Waals surface area (Å²) in [5.74, 6) is 1.58. The second kappa shape index (κ2) is 7.95. The molecule has 2 aliphatic rings. The molecule has 2 heteroatoms. The van der Waals surface area contributed by atoms with E-state index in [1.807, 2.05) is 0 Å². The lowest BCUT2D eigenvalue weighted by Gasteiger charge is -2.35. The molecule has 2 aliphatic heterocycles. The Kier molecular flexibility index (Phi) is 6.25. The second-order valence-electron chi connectivity index (χ2n) is 6.95. The van der Waals surface area contributed by atoms with Gasteiger partial charge in [-0.05, 0) is 83.1 Å². The number of hydrogen-bond acceptors (Lipinski definition) is 2. The summed E-state index contributed by atoms with van der Waals surface area (Å²) in [7, 11) is 0. The predicted molar refractivity (Wildman–Crippen MR) is 92.5 cm³/mol. The first-order chi connectivity index (χ1) is 10.1. The molecule has 21 heavy (non-hydrogen) atoms. The second-order valence-corrected chi connectivity index (χ2v) is 6.95. The molecule has 2 saturated heterocycles. The highest BCUT2D eigenvalue weighted by atomic mass is 15.1. The number of piperidine rings is 2. The molecule has 0 aliphatic carbocycles. The third-order valence-electron chi connectivity index (χ3n) is 5.16. The molecule has 0 bridgehead atoms. The maximum absolute atomic E-state index is 4.30. The third kappa shape index (κ3) is 5.12. The van der Waals surface area contributed by atoms with E-state index < -0.39 is 0 Å². The number of rotatable bonds is 5. The molecule has 118 valence electrons. The minimum atomic E-state index is 0.670. The Morgan fingerprint density at radius 1 is 1.10 bits per heavy atom. The van der Waals surface area contributed by atoms with Gasteiger partial charge in [0.2, 0.25) is 0 Å². The summed E-state index contributed by atoms with van der Waals surface area (Å²) in [6, 6.07) is 0. The van der Waals surface area contributed by atoms with Crippen LogP contribution >= 0.6 is 0 Å². The molecular formula is C19H32N2. The van der Waals surface area contributed by atoms with E-state index in [4.69, 9.17) is 0 Å². The highest BCUT2D eigenvalue weighted by Gasteiger charge is 2.23. The molecule has 0 radical (unpaired) electrons. The molecule has 0 saturated carbocycles. The van der Waals surface area contributed by atoms with Crippen molar-refractivity contribution in [1.82, 2.24) is 10.2 Å². The zero-order valence-corrected chi connectivity index (χ0v) is 14.0. The van der Waals surface area contributed by atoms with Crippen LogP contribution in [0.3, 0.4) is 0 Å². The topological polar surface area (TPSA) is 15.3 Å². The highest BCUT2D eigenvalue weighted by molar-refractivity contribution is 5.32. The number of hydrogen-bond donors (Lipinski definition) is 1. The van der Waals surface area contributed by atoms with E-state index in [1.54, 1.807) is 0 Å². The van der Waals surface area contributed by atoms with Crippen LogP contribution in [0.25, 0.3) is 0 Å². The zero-order valence-electron chi connectivity index (χ0n) is 14.0. The van der Waals surface area contributed by atoms with E-state index in [-0.39, 0.29) is 0 Å². The molecule has 0 spiro atoms. The number of allylic oxidation sites excluding steroid dienone is 4. The van der Waals surface area contributed by atoms with Crippen LogP contribution in [0.4, 0.5) is 0 Å². The summed E-state index contributed by atoms with van der Waals surface area (Å²) in [5.41, 5.74) is 3.73. The van der Waals surface area contributed by atoms with E-state index in [0.29, 0.717) is 5.92 Å². The van der Waals surface area contributed by atoms with Gasteiger partial charge in [0.25, 0.3) is 0 Å². The Bertz CT molecular complexity index is 394. The molecule has 0 aromatic rings. The average Bonchev–Trinajstić information content (AvgIpc) is 2.48. The van der Waals surface area contributed by atoms with E-state index in [0.717, 1.165) is 11.5 Å². The lowest BCUT2D eigenvalue weighted by atomic mass is 9.87. The predicted octanol–water partition coefficient (Wildman–Crippen LogP) is 3.78. The quantitative estimate of drug-likeness (QED) is 0.775.